The van der Waals surface area contributed by atoms with Gasteiger partial charge in [-0.05, 0) is 26.8 Å². The number of carbonyl (C=O) groups excluding carboxylic acids is 1. The molecule has 1 atom stereocenters. The third-order valence-corrected chi connectivity index (χ3v) is 3.14. The summed E-state index contributed by atoms with van der Waals surface area (Å²) in [5.74, 6) is 0.330. The molecule has 7 nitrogen and oxygen atoms in total. The van der Waals surface area contributed by atoms with Gasteiger partial charge in [0.1, 0.15) is 5.76 Å². The number of rotatable bonds is 6. The number of amides is 1. The van der Waals surface area contributed by atoms with Crippen LogP contribution in [0, 0.1) is 13.8 Å². The summed E-state index contributed by atoms with van der Waals surface area (Å²) < 4.78 is 10.1. The zero-order valence-electron chi connectivity index (χ0n) is 12.7. The quantitative estimate of drug-likeness (QED) is 0.842. The van der Waals surface area contributed by atoms with Gasteiger partial charge in [0.15, 0.2) is 5.69 Å². The van der Waals surface area contributed by atoms with Crippen LogP contribution in [-0.4, -0.2) is 34.4 Å². The molecule has 0 saturated heterocycles. The maximum absolute atomic E-state index is 12.2. The highest BCUT2D eigenvalue weighted by atomic mass is 16.5. The molecule has 0 radical (unpaired) electrons. The van der Waals surface area contributed by atoms with E-state index in [1.54, 1.807) is 14.0 Å². The van der Waals surface area contributed by atoms with Crippen LogP contribution in [0.3, 0.4) is 0 Å². The van der Waals surface area contributed by atoms with Crippen LogP contribution in [-0.2, 0) is 17.8 Å². The molecule has 0 fully saturated rings. The van der Waals surface area contributed by atoms with Gasteiger partial charge < -0.3 is 14.6 Å². The summed E-state index contributed by atoms with van der Waals surface area (Å²) in [6.45, 7) is 5.92. The van der Waals surface area contributed by atoms with Gasteiger partial charge in [0.2, 0.25) is 0 Å². The summed E-state index contributed by atoms with van der Waals surface area (Å²) >= 11 is 0. The molecule has 1 amide bonds. The lowest BCUT2D eigenvalue weighted by Gasteiger charge is -2.11. The highest BCUT2D eigenvalue weighted by Crippen LogP contribution is 2.14. The first-order valence-electron chi connectivity index (χ1n) is 6.77. The third-order valence-electron chi connectivity index (χ3n) is 3.14. The molecule has 2 aromatic rings. The normalized spacial score (nSPS) is 12.4. The van der Waals surface area contributed by atoms with Crippen molar-refractivity contribution in [2.75, 3.05) is 7.11 Å². The largest absolute Gasteiger partial charge is 0.380 e. The molecule has 0 bridgehead atoms. The van der Waals surface area contributed by atoms with E-state index in [4.69, 9.17) is 9.26 Å². The van der Waals surface area contributed by atoms with Crippen molar-refractivity contribution in [3.8, 4) is 0 Å². The first kappa shape index (κ1) is 15.2. The maximum atomic E-state index is 12.2. The molecule has 114 valence electrons. The van der Waals surface area contributed by atoms with Gasteiger partial charge in [-0.1, -0.05) is 5.16 Å². The summed E-state index contributed by atoms with van der Waals surface area (Å²) in [4.78, 5) is 12.2. The van der Waals surface area contributed by atoms with Crippen LogP contribution in [0.1, 0.15) is 40.1 Å². The average molecular weight is 292 g/mol. The van der Waals surface area contributed by atoms with Crippen LogP contribution in [0.4, 0.5) is 0 Å². The Morgan fingerprint density at radius 2 is 2.29 bits per heavy atom. The lowest BCUT2D eigenvalue weighted by molar-refractivity contribution is 0.0926. The fourth-order valence-corrected chi connectivity index (χ4v) is 2.12. The van der Waals surface area contributed by atoms with Crippen molar-refractivity contribution in [1.29, 1.82) is 0 Å². The second-order valence-corrected chi connectivity index (χ2v) is 5.12. The van der Waals surface area contributed by atoms with Crippen molar-refractivity contribution < 1.29 is 14.1 Å². The molecule has 0 aromatic carbocycles. The van der Waals surface area contributed by atoms with Gasteiger partial charge in [0, 0.05) is 25.3 Å². The lowest BCUT2D eigenvalue weighted by Crippen LogP contribution is -2.35. The van der Waals surface area contributed by atoms with Crippen LogP contribution < -0.4 is 5.32 Å². The highest BCUT2D eigenvalue weighted by Gasteiger charge is 2.21. The molecule has 0 unspecified atom stereocenters. The molecule has 2 N–H and O–H groups in total. The van der Waals surface area contributed by atoms with Crippen LogP contribution in [0.15, 0.2) is 10.6 Å². The molecule has 0 aliphatic rings. The van der Waals surface area contributed by atoms with Crippen molar-refractivity contribution in [3.63, 3.8) is 0 Å². The van der Waals surface area contributed by atoms with E-state index in [2.05, 4.69) is 20.7 Å². The molecular formula is C14H20N4O3. The van der Waals surface area contributed by atoms with Gasteiger partial charge in [-0.3, -0.25) is 9.89 Å². The van der Waals surface area contributed by atoms with Crippen molar-refractivity contribution in [2.24, 2.45) is 0 Å². The predicted octanol–water partition coefficient (Wildman–Crippen LogP) is 1.52. The number of aryl methyl sites for hydroxylation is 2. The molecule has 0 aliphatic heterocycles. The molecule has 2 aromatic heterocycles. The Morgan fingerprint density at radius 1 is 1.52 bits per heavy atom. The van der Waals surface area contributed by atoms with Crippen LogP contribution in [0.2, 0.25) is 0 Å². The SMILES string of the molecule is COCc1c(C(=O)N[C@@H](C)Cc2cc(C)[nH]n2)noc1C. The van der Waals surface area contributed by atoms with Gasteiger partial charge in [-0.2, -0.15) is 5.10 Å². The Bertz CT molecular complexity index is 618. The van der Waals surface area contributed by atoms with Crippen molar-refractivity contribution >= 4 is 5.91 Å². The number of hydrogen-bond donors (Lipinski definition) is 2. The van der Waals surface area contributed by atoms with Crippen LogP contribution in [0.5, 0.6) is 0 Å². The van der Waals surface area contributed by atoms with Crippen molar-refractivity contribution in [3.05, 3.63) is 34.5 Å². The average Bonchev–Trinajstić information content (AvgIpc) is 2.97. The molecule has 0 spiro atoms. The minimum Gasteiger partial charge on any atom is -0.380 e. The maximum Gasteiger partial charge on any atom is 0.274 e. The zero-order valence-corrected chi connectivity index (χ0v) is 12.7. The Hall–Kier alpha value is -2.15. The summed E-state index contributed by atoms with van der Waals surface area (Å²) in [6, 6.07) is 1.90. The molecule has 0 aliphatic carbocycles. The Balaban J connectivity index is 2.00. The van der Waals surface area contributed by atoms with E-state index in [0.29, 0.717) is 24.4 Å². The first-order chi connectivity index (χ1) is 10.0. The summed E-state index contributed by atoms with van der Waals surface area (Å²) in [5, 5.41) is 13.7. The minimum absolute atomic E-state index is 0.0624. The standard InChI is InChI=1S/C14H20N4O3/c1-8(5-11-6-9(2)16-17-11)15-14(19)13-12(7-20-4)10(3)21-18-13/h6,8H,5,7H2,1-4H3,(H,15,19)(H,16,17)/t8-/m0/s1. The third kappa shape index (κ3) is 3.69. The van der Waals surface area contributed by atoms with Gasteiger partial charge in [-0.25, -0.2) is 0 Å². The van der Waals surface area contributed by atoms with Crippen LogP contribution in [0.25, 0.3) is 0 Å². The van der Waals surface area contributed by atoms with E-state index in [0.717, 1.165) is 11.4 Å². The van der Waals surface area contributed by atoms with E-state index in [-0.39, 0.29) is 17.6 Å². The molecule has 7 heteroatoms. The number of H-pyrrole nitrogens is 1. The van der Waals surface area contributed by atoms with Gasteiger partial charge in [-0.15, -0.1) is 0 Å². The summed E-state index contributed by atoms with van der Waals surface area (Å²) in [5.41, 5.74) is 2.86. The van der Waals surface area contributed by atoms with Gasteiger partial charge in [0.05, 0.1) is 17.9 Å². The highest BCUT2D eigenvalue weighted by molar-refractivity contribution is 5.93. The Kier molecular flexibility index (Phi) is 4.74. The number of ether oxygens (including phenoxy) is 1. The number of aromatic amines is 1. The number of methoxy groups -OCH3 is 1. The van der Waals surface area contributed by atoms with E-state index < -0.39 is 0 Å². The van der Waals surface area contributed by atoms with Crippen molar-refractivity contribution in [2.45, 2.75) is 39.8 Å². The molecular weight excluding hydrogens is 272 g/mol. The monoisotopic (exact) mass is 292 g/mol. The molecule has 21 heavy (non-hydrogen) atoms. The predicted molar refractivity (Wildman–Crippen MR) is 75.9 cm³/mol. The number of carbonyl (C=O) groups is 1. The van der Waals surface area contributed by atoms with Gasteiger partial charge >= 0.3 is 0 Å². The Labute approximate surface area is 123 Å². The molecule has 0 saturated carbocycles. The Morgan fingerprint density at radius 3 is 2.90 bits per heavy atom. The number of aromatic nitrogens is 3. The van der Waals surface area contributed by atoms with Crippen LogP contribution >= 0.6 is 0 Å². The first-order valence-corrected chi connectivity index (χ1v) is 6.77. The molecule has 2 rings (SSSR count). The fourth-order valence-electron chi connectivity index (χ4n) is 2.12. The van der Waals surface area contributed by atoms with E-state index in [1.165, 1.54) is 0 Å². The van der Waals surface area contributed by atoms with E-state index in [1.807, 2.05) is 19.9 Å². The number of nitrogens with zero attached hydrogens (tertiary/aromatic N) is 2. The smallest absolute Gasteiger partial charge is 0.274 e. The summed E-state index contributed by atoms with van der Waals surface area (Å²) in [6.07, 6.45) is 0.645. The number of hydrogen-bond acceptors (Lipinski definition) is 5. The zero-order chi connectivity index (χ0) is 15.4. The van der Waals surface area contributed by atoms with E-state index >= 15 is 0 Å². The van der Waals surface area contributed by atoms with E-state index in [9.17, 15) is 4.79 Å². The summed E-state index contributed by atoms with van der Waals surface area (Å²) in [7, 11) is 1.57. The minimum atomic E-state index is -0.265. The number of nitrogens with one attached hydrogen (secondary N) is 2. The molecule has 2 heterocycles. The topological polar surface area (TPSA) is 93.0 Å². The van der Waals surface area contributed by atoms with Crippen molar-refractivity contribution in [1.82, 2.24) is 20.7 Å². The lowest BCUT2D eigenvalue weighted by atomic mass is 10.1. The second-order valence-electron chi connectivity index (χ2n) is 5.12. The fraction of sp³-hybridized carbons (Fsp3) is 0.500. The second kappa shape index (κ2) is 6.53. The van der Waals surface area contributed by atoms with Gasteiger partial charge in [0.25, 0.3) is 5.91 Å².